The minimum absolute atomic E-state index is 0.0609. The summed E-state index contributed by atoms with van der Waals surface area (Å²) in [5.41, 5.74) is -1.20. The van der Waals surface area contributed by atoms with Gasteiger partial charge in [-0.25, -0.2) is 9.59 Å². The molecule has 0 saturated carbocycles. The Morgan fingerprint density at radius 1 is 1.16 bits per heavy atom. The molecular weight excluding hydrogens is 416 g/mol. The molecule has 0 amide bonds. The van der Waals surface area contributed by atoms with Crippen molar-refractivity contribution in [3.63, 3.8) is 0 Å². The molecular formula is C20H26O11. The SMILES string of the molecule is COc1cc(C=CC(=O)OCC2OC(OC(C)(C)C(=O)O)C(O)C(O)C2O)ccc1O. The standard InChI is InChI=1S/C20H26O11/c1-20(2,19(26)27)31-18-17(25)16(24)15(23)13(30-18)9-29-14(22)7-5-10-4-6-11(21)12(8-10)28-3/h4-8,13,15-18,21,23-25H,9H2,1-3H3,(H,26,27). The van der Waals surface area contributed by atoms with Gasteiger partial charge in [-0.2, -0.15) is 0 Å². The normalized spacial score (nSPS) is 26.6. The molecule has 1 aliphatic heterocycles. The number of phenolic OH excluding ortho intramolecular Hbond substituents is 1. The number of aromatic hydroxyl groups is 1. The molecule has 0 aromatic heterocycles. The smallest absolute Gasteiger partial charge is 0.335 e. The summed E-state index contributed by atoms with van der Waals surface area (Å²) in [6, 6.07) is 4.43. The van der Waals surface area contributed by atoms with E-state index in [2.05, 4.69) is 0 Å². The minimum Gasteiger partial charge on any atom is -0.504 e. The van der Waals surface area contributed by atoms with Crippen LogP contribution in [0.3, 0.4) is 0 Å². The van der Waals surface area contributed by atoms with Crippen LogP contribution in [-0.2, 0) is 23.8 Å². The van der Waals surface area contributed by atoms with E-state index in [-0.39, 0.29) is 11.5 Å². The van der Waals surface area contributed by atoms with Crippen LogP contribution >= 0.6 is 0 Å². The van der Waals surface area contributed by atoms with Gasteiger partial charge in [0.25, 0.3) is 0 Å². The summed E-state index contributed by atoms with van der Waals surface area (Å²) in [5.74, 6) is -1.97. The second-order valence-electron chi connectivity index (χ2n) is 7.34. The van der Waals surface area contributed by atoms with Crippen LogP contribution in [0.25, 0.3) is 6.08 Å². The molecule has 5 atom stereocenters. The first-order valence-corrected chi connectivity index (χ1v) is 9.29. The number of aliphatic carboxylic acids is 1. The van der Waals surface area contributed by atoms with Crippen molar-refractivity contribution >= 4 is 18.0 Å². The zero-order valence-electron chi connectivity index (χ0n) is 17.2. The summed E-state index contributed by atoms with van der Waals surface area (Å²) in [6.07, 6.45) is -5.40. The van der Waals surface area contributed by atoms with Gasteiger partial charge in [0.05, 0.1) is 7.11 Å². The number of hydrogen-bond donors (Lipinski definition) is 5. The van der Waals surface area contributed by atoms with Crippen molar-refractivity contribution < 1.29 is 54.1 Å². The van der Waals surface area contributed by atoms with Gasteiger partial charge >= 0.3 is 11.9 Å². The third kappa shape index (κ3) is 6.15. The van der Waals surface area contributed by atoms with Gasteiger partial charge in [-0.3, -0.25) is 0 Å². The Hall–Kier alpha value is -2.70. The summed E-state index contributed by atoms with van der Waals surface area (Å²) in [6.45, 7) is 1.95. The van der Waals surface area contributed by atoms with E-state index in [1.54, 1.807) is 6.07 Å². The highest BCUT2D eigenvalue weighted by atomic mass is 16.7. The zero-order valence-corrected chi connectivity index (χ0v) is 17.2. The Morgan fingerprint density at radius 3 is 2.45 bits per heavy atom. The summed E-state index contributed by atoms with van der Waals surface area (Å²) < 4.78 is 20.5. The fourth-order valence-corrected chi connectivity index (χ4v) is 2.67. The molecule has 11 heteroatoms. The van der Waals surface area contributed by atoms with Crippen LogP contribution in [-0.4, -0.2) is 87.5 Å². The van der Waals surface area contributed by atoms with E-state index in [1.807, 2.05) is 0 Å². The van der Waals surface area contributed by atoms with Gasteiger partial charge in [-0.15, -0.1) is 0 Å². The van der Waals surface area contributed by atoms with Gasteiger partial charge in [0.2, 0.25) is 0 Å². The Bertz CT molecular complexity index is 819. The van der Waals surface area contributed by atoms with Crippen molar-refractivity contribution in [2.24, 2.45) is 0 Å². The monoisotopic (exact) mass is 442 g/mol. The Balaban J connectivity index is 1.99. The van der Waals surface area contributed by atoms with Crippen molar-refractivity contribution in [1.82, 2.24) is 0 Å². The van der Waals surface area contributed by atoms with Crippen LogP contribution in [0, 0.1) is 0 Å². The minimum atomic E-state index is -1.75. The summed E-state index contributed by atoms with van der Waals surface area (Å²) in [5, 5.41) is 48.8. The van der Waals surface area contributed by atoms with E-state index in [4.69, 9.17) is 24.1 Å². The van der Waals surface area contributed by atoms with Gasteiger partial charge in [-0.1, -0.05) is 6.07 Å². The predicted molar refractivity (Wildman–Crippen MR) is 104 cm³/mol. The number of hydrogen-bond acceptors (Lipinski definition) is 10. The first-order valence-electron chi connectivity index (χ1n) is 9.29. The largest absolute Gasteiger partial charge is 0.504 e. The quantitative estimate of drug-likeness (QED) is 0.263. The van der Waals surface area contributed by atoms with Crippen LogP contribution in [0.15, 0.2) is 24.3 Å². The molecule has 0 bridgehead atoms. The number of phenols is 1. The summed E-state index contributed by atoms with van der Waals surface area (Å²) in [4.78, 5) is 23.2. The maximum absolute atomic E-state index is 12.0. The second-order valence-corrected chi connectivity index (χ2v) is 7.34. The van der Waals surface area contributed by atoms with Crippen LogP contribution in [0.1, 0.15) is 19.4 Å². The number of aliphatic hydroxyl groups excluding tert-OH is 3. The molecule has 0 spiro atoms. The van der Waals surface area contributed by atoms with Gasteiger partial charge in [0, 0.05) is 6.08 Å². The number of benzene rings is 1. The van der Waals surface area contributed by atoms with Gasteiger partial charge in [0.1, 0.15) is 31.0 Å². The molecule has 1 aliphatic rings. The molecule has 5 N–H and O–H groups in total. The van der Waals surface area contributed by atoms with Crippen molar-refractivity contribution in [3.8, 4) is 11.5 Å². The van der Waals surface area contributed by atoms with Crippen LogP contribution in [0.5, 0.6) is 11.5 Å². The highest BCUT2D eigenvalue weighted by Gasteiger charge is 2.47. The predicted octanol–water partition coefficient (Wildman–Crippen LogP) is -0.355. The van der Waals surface area contributed by atoms with Crippen LogP contribution in [0.2, 0.25) is 0 Å². The number of carbonyl (C=O) groups is 2. The highest BCUT2D eigenvalue weighted by Crippen LogP contribution is 2.27. The molecule has 1 saturated heterocycles. The molecule has 0 aliphatic carbocycles. The molecule has 1 aromatic carbocycles. The number of methoxy groups -OCH3 is 1. The van der Waals surface area contributed by atoms with E-state index in [0.29, 0.717) is 5.56 Å². The van der Waals surface area contributed by atoms with Gasteiger partial charge in [-0.05, 0) is 37.6 Å². The maximum Gasteiger partial charge on any atom is 0.335 e. The molecule has 2 rings (SSSR count). The topological polar surface area (TPSA) is 172 Å². The van der Waals surface area contributed by atoms with Gasteiger partial charge in [0.15, 0.2) is 23.4 Å². The Kier molecular flexibility index (Phi) is 7.98. The van der Waals surface area contributed by atoms with E-state index in [1.165, 1.54) is 39.2 Å². The molecule has 172 valence electrons. The average molecular weight is 442 g/mol. The van der Waals surface area contributed by atoms with E-state index in [9.17, 15) is 30.0 Å². The number of carboxylic acid groups (broad SMARTS) is 1. The van der Waals surface area contributed by atoms with Crippen LogP contribution in [0.4, 0.5) is 0 Å². The number of carboxylic acids is 1. The lowest BCUT2D eigenvalue weighted by molar-refractivity contribution is -0.320. The third-order valence-electron chi connectivity index (χ3n) is 4.60. The second kappa shape index (κ2) is 10.1. The van der Waals surface area contributed by atoms with E-state index in [0.717, 1.165) is 6.08 Å². The van der Waals surface area contributed by atoms with Crippen molar-refractivity contribution in [3.05, 3.63) is 29.8 Å². The molecule has 1 aromatic rings. The fourth-order valence-electron chi connectivity index (χ4n) is 2.67. The summed E-state index contributed by atoms with van der Waals surface area (Å²) >= 11 is 0. The maximum atomic E-state index is 12.0. The molecule has 1 heterocycles. The average Bonchev–Trinajstić information content (AvgIpc) is 2.72. The highest BCUT2D eigenvalue weighted by molar-refractivity contribution is 5.87. The number of carbonyl (C=O) groups excluding carboxylic acids is 1. The summed E-state index contributed by atoms with van der Waals surface area (Å²) in [7, 11) is 1.38. The molecule has 0 radical (unpaired) electrons. The van der Waals surface area contributed by atoms with Crippen molar-refractivity contribution in [1.29, 1.82) is 0 Å². The number of esters is 1. The van der Waals surface area contributed by atoms with Gasteiger partial charge < -0.3 is 44.5 Å². The first-order chi connectivity index (χ1) is 14.5. The zero-order chi connectivity index (χ0) is 23.3. The Morgan fingerprint density at radius 2 is 1.84 bits per heavy atom. The lowest BCUT2D eigenvalue weighted by Gasteiger charge is -2.41. The first kappa shape index (κ1) is 24.6. The van der Waals surface area contributed by atoms with Crippen LogP contribution < -0.4 is 4.74 Å². The van der Waals surface area contributed by atoms with E-state index < -0.39 is 54.9 Å². The molecule has 11 nitrogen and oxygen atoms in total. The Labute approximate surface area is 178 Å². The molecule has 1 fully saturated rings. The third-order valence-corrected chi connectivity index (χ3v) is 4.60. The number of ether oxygens (including phenoxy) is 4. The van der Waals surface area contributed by atoms with Crippen molar-refractivity contribution in [2.45, 2.75) is 50.2 Å². The molecule has 31 heavy (non-hydrogen) atoms. The lowest BCUT2D eigenvalue weighted by Crippen LogP contribution is -2.61. The fraction of sp³-hybridized carbons (Fsp3) is 0.500. The number of rotatable bonds is 8. The number of aliphatic hydroxyl groups is 3. The van der Waals surface area contributed by atoms with Crippen molar-refractivity contribution in [2.75, 3.05) is 13.7 Å². The lowest BCUT2D eigenvalue weighted by atomic mass is 9.99. The van der Waals surface area contributed by atoms with E-state index >= 15 is 0 Å². The molecule has 5 unspecified atom stereocenters.